The molecule has 0 radical (unpaired) electrons. The molecule has 6 rings (SSSR count). The van der Waals surface area contributed by atoms with E-state index in [0.29, 0.717) is 5.91 Å². The summed E-state index contributed by atoms with van der Waals surface area (Å²) in [6.45, 7) is 0.937. The van der Waals surface area contributed by atoms with Crippen molar-refractivity contribution in [3.63, 3.8) is 0 Å². The fourth-order valence-electron chi connectivity index (χ4n) is 6.93. The fraction of sp³-hybridized carbons (Fsp3) is 0.842. The van der Waals surface area contributed by atoms with Gasteiger partial charge in [-0.25, -0.2) is 0 Å². The van der Waals surface area contributed by atoms with Gasteiger partial charge in [0.1, 0.15) is 0 Å². The second-order valence-corrected chi connectivity index (χ2v) is 8.95. The number of allylic oxidation sites excluding steroid dienone is 2. The number of hydrogen-bond acceptors (Lipinski definition) is 1. The first-order chi connectivity index (χ1) is 10.2. The number of amides is 1. The molecule has 5 fully saturated rings. The number of nitrogens with one attached hydrogen (secondary N) is 1. The molecule has 0 aromatic heterocycles. The van der Waals surface area contributed by atoms with Crippen LogP contribution in [0.25, 0.3) is 0 Å². The Balaban J connectivity index is 1.26. The lowest BCUT2D eigenvalue weighted by Gasteiger charge is -2.55. The SMILES string of the molecule is O=C(NC[C@@H]1C[C@H]2C=C[C@H]1C2)C12CC3CC(CC(C3)C1)C2. The summed E-state index contributed by atoms with van der Waals surface area (Å²) in [5, 5.41) is 3.39. The van der Waals surface area contributed by atoms with Crippen molar-refractivity contribution in [3.8, 4) is 0 Å². The predicted octanol–water partition coefficient (Wildman–Crippen LogP) is 3.53. The lowest BCUT2D eigenvalue weighted by molar-refractivity contribution is -0.146. The summed E-state index contributed by atoms with van der Waals surface area (Å²) < 4.78 is 0. The minimum absolute atomic E-state index is 0.0439. The maximum Gasteiger partial charge on any atom is 0.226 e. The van der Waals surface area contributed by atoms with Gasteiger partial charge in [0, 0.05) is 12.0 Å². The minimum atomic E-state index is 0.0439. The van der Waals surface area contributed by atoms with Gasteiger partial charge in [0.05, 0.1) is 0 Å². The van der Waals surface area contributed by atoms with Crippen LogP contribution in [0.1, 0.15) is 51.4 Å². The van der Waals surface area contributed by atoms with Gasteiger partial charge in [-0.3, -0.25) is 4.79 Å². The van der Waals surface area contributed by atoms with Crippen LogP contribution in [0.3, 0.4) is 0 Å². The Morgan fingerprint density at radius 2 is 1.62 bits per heavy atom. The van der Waals surface area contributed by atoms with Crippen LogP contribution in [-0.4, -0.2) is 12.5 Å². The summed E-state index contributed by atoms with van der Waals surface area (Å²) in [6, 6.07) is 0. The third-order valence-corrected chi connectivity index (χ3v) is 7.46. The van der Waals surface area contributed by atoms with E-state index in [-0.39, 0.29) is 5.41 Å². The molecule has 2 nitrogen and oxygen atoms in total. The van der Waals surface area contributed by atoms with Crippen LogP contribution in [-0.2, 0) is 4.79 Å². The molecule has 5 saturated carbocycles. The molecule has 3 atom stereocenters. The summed E-state index contributed by atoms with van der Waals surface area (Å²) in [4.78, 5) is 12.9. The fourth-order valence-corrected chi connectivity index (χ4v) is 6.93. The van der Waals surface area contributed by atoms with Crippen LogP contribution in [0.2, 0.25) is 0 Å². The molecule has 0 aliphatic heterocycles. The van der Waals surface area contributed by atoms with E-state index < -0.39 is 0 Å². The normalized spacial score (nSPS) is 52.6. The van der Waals surface area contributed by atoms with Gasteiger partial charge < -0.3 is 5.32 Å². The smallest absolute Gasteiger partial charge is 0.226 e. The minimum Gasteiger partial charge on any atom is -0.355 e. The molecule has 0 unspecified atom stereocenters. The van der Waals surface area contributed by atoms with Crippen LogP contribution in [0.5, 0.6) is 0 Å². The van der Waals surface area contributed by atoms with Crippen molar-refractivity contribution in [2.45, 2.75) is 51.4 Å². The van der Waals surface area contributed by atoms with Gasteiger partial charge in [0.15, 0.2) is 0 Å². The maximum absolute atomic E-state index is 12.9. The third kappa shape index (κ3) is 1.94. The second kappa shape index (κ2) is 4.36. The third-order valence-electron chi connectivity index (χ3n) is 7.46. The average Bonchev–Trinajstić information content (AvgIpc) is 3.05. The van der Waals surface area contributed by atoms with E-state index >= 15 is 0 Å². The molecular weight excluding hydrogens is 258 g/mol. The number of carbonyl (C=O) groups is 1. The van der Waals surface area contributed by atoms with Crippen LogP contribution >= 0.6 is 0 Å². The topological polar surface area (TPSA) is 29.1 Å². The van der Waals surface area contributed by atoms with E-state index in [1.165, 1.54) is 51.4 Å². The zero-order valence-electron chi connectivity index (χ0n) is 12.9. The molecule has 0 aromatic rings. The average molecular weight is 285 g/mol. The molecule has 6 aliphatic carbocycles. The van der Waals surface area contributed by atoms with E-state index in [2.05, 4.69) is 17.5 Å². The van der Waals surface area contributed by atoms with E-state index in [1.54, 1.807) is 0 Å². The highest BCUT2D eigenvalue weighted by molar-refractivity contribution is 5.83. The number of carbonyl (C=O) groups excluding carboxylic acids is 1. The molecular formula is C19H27NO. The molecule has 0 heterocycles. The Labute approximate surface area is 127 Å². The van der Waals surface area contributed by atoms with Crippen LogP contribution < -0.4 is 5.32 Å². The molecule has 114 valence electrons. The summed E-state index contributed by atoms with van der Waals surface area (Å²) in [5.41, 5.74) is 0.0439. The van der Waals surface area contributed by atoms with E-state index in [0.717, 1.165) is 42.1 Å². The van der Waals surface area contributed by atoms with Gasteiger partial charge in [-0.05, 0) is 86.9 Å². The van der Waals surface area contributed by atoms with Crippen LogP contribution in [0.4, 0.5) is 0 Å². The Morgan fingerprint density at radius 1 is 0.952 bits per heavy atom. The van der Waals surface area contributed by atoms with Gasteiger partial charge in [0.25, 0.3) is 0 Å². The monoisotopic (exact) mass is 285 g/mol. The zero-order chi connectivity index (χ0) is 14.0. The first-order valence-corrected chi connectivity index (χ1v) is 9.17. The predicted molar refractivity (Wildman–Crippen MR) is 82.5 cm³/mol. The molecule has 6 bridgehead atoms. The highest BCUT2D eigenvalue weighted by atomic mass is 16.2. The molecule has 0 saturated heterocycles. The highest BCUT2D eigenvalue weighted by Gasteiger charge is 2.54. The van der Waals surface area contributed by atoms with Crippen LogP contribution in [0.15, 0.2) is 12.2 Å². The van der Waals surface area contributed by atoms with E-state index in [4.69, 9.17) is 0 Å². The Bertz CT molecular complexity index is 459. The zero-order valence-corrected chi connectivity index (χ0v) is 12.9. The highest BCUT2D eigenvalue weighted by Crippen LogP contribution is 2.60. The largest absolute Gasteiger partial charge is 0.355 e. The van der Waals surface area contributed by atoms with Gasteiger partial charge in [0.2, 0.25) is 5.91 Å². The Hall–Kier alpha value is -0.790. The molecule has 21 heavy (non-hydrogen) atoms. The van der Waals surface area contributed by atoms with Crippen molar-refractivity contribution in [2.24, 2.45) is 40.9 Å². The molecule has 2 heteroatoms. The number of fused-ring (bicyclic) bond motifs is 2. The summed E-state index contributed by atoms with van der Waals surface area (Å²) in [7, 11) is 0. The van der Waals surface area contributed by atoms with Crippen molar-refractivity contribution < 1.29 is 4.79 Å². The van der Waals surface area contributed by atoms with Crippen molar-refractivity contribution in [1.29, 1.82) is 0 Å². The van der Waals surface area contributed by atoms with Crippen molar-refractivity contribution in [3.05, 3.63) is 12.2 Å². The summed E-state index contributed by atoms with van der Waals surface area (Å²) in [5.74, 6) is 5.32. The summed E-state index contributed by atoms with van der Waals surface area (Å²) in [6.07, 6.45) is 15.3. The quantitative estimate of drug-likeness (QED) is 0.790. The molecule has 1 amide bonds. The van der Waals surface area contributed by atoms with Gasteiger partial charge in [-0.2, -0.15) is 0 Å². The Kier molecular flexibility index (Phi) is 2.64. The molecule has 0 aromatic carbocycles. The number of rotatable bonds is 3. The van der Waals surface area contributed by atoms with E-state index in [1.807, 2.05) is 0 Å². The van der Waals surface area contributed by atoms with Gasteiger partial charge in [-0.15, -0.1) is 0 Å². The van der Waals surface area contributed by atoms with Crippen molar-refractivity contribution in [2.75, 3.05) is 6.54 Å². The summed E-state index contributed by atoms with van der Waals surface area (Å²) >= 11 is 0. The molecule has 6 aliphatic rings. The molecule has 0 spiro atoms. The van der Waals surface area contributed by atoms with Crippen molar-refractivity contribution in [1.82, 2.24) is 5.32 Å². The lowest BCUT2D eigenvalue weighted by atomic mass is 9.49. The van der Waals surface area contributed by atoms with Gasteiger partial charge >= 0.3 is 0 Å². The first-order valence-electron chi connectivity index (χ1n) is 9.17. The lowest BCUT2D eigenvalue weighted by Crippen LogP contribution is -2.54. The van der Waals surface area contributed by atoms with Gasteiger partial charge in [-0.1, -0.05) is 12.2 Å². The van der Waals surface area contributed by atoms with Crippen LogP contribution in [0, 0.1) is 40.9 Å². The first kappa shape index (κ1) is 12.7. The van der Waals surface area contributed by atoms with E-state index in [9.17, 15) is 4.79 Å². The number of hydrogen-bond donors (Lipinski definition) is 1. The Morgan fingerprint density at radius 3 is 2.14 bits per heavy atom. The van der Waals surface area contributed by atoms with Crippen molar-refractivity contribution >= 4 is 5.91 Å². The molecule has 1 N–H and O–H groups in total. The second-order valence-electron chi connectivity index (χ2n) is 8.95. The standard InChI is InChI=1S/C19H27NO/c21-18(20-11-17-7-12-1-2-16(17)6-12)19-8-13-3-14(9-19)5-15(4-13)10-19/h1-2,12-17H,3-11H2,(H,20,21)/t12-,13?,14?,15?,16-,17-,19?/m0/s1. The maximum atomic E-state index is 12.9.